The van der Waals surface area contributed by atoms with Crippen molar-refractivity contribution in [1.82, 2.24) is 0 Å². The van der Waals surface area contributed by atoms with Crippen LogP contribution in [-0.2, 0) is 6.42 Å². The average Bonchev–Trinajstić information content (AvgIpc) is 3.69. The first kappa shape index (κ1) is 38.1. The molecule has 0 amide bonds. The van der Waals surface area contributed by atoms with E-state index in [4.69, 9.17) is 27.3 Å². The Balaban J connectivity index is 1.31. The summed E-state index contributed by atoms with van der Waals surface area (Å²) in [5, 5.41) is 22.3. The molecule has 1 atom stereocenters. The molecule has 13 rings (SSSR count). The van der Waals surface area contributed by atoms with Crippen molar-refractivity contribution in [1.29, 1.82) is 0 Å². The quantitative estimate of drug-likeness (QED) is 0.167. The lowest BCUT2D eigenvalue weighted by molar-refractivity contribution is 0.415. The van der Waals surface area contributed by atoms with E-state index in [1.54, 1.807) is 28.4 Å². The van der Waals surface area contributed by atoms with E-state index in [9.17, 15) is 0 Å². The zero-order valence-electron chi connectivity index (χ0n) is 36.2. The van der Waals surface area contributed by atoms with Crippen LogP contribution in [0.1, 0.15) is 23.6 Å². The Hall–Kier alpha value is -7.44. The summed E-state index contributed by atoms with van der Waals surface area (Å²) in [5.74, 6) is 2.87. The summed E-state index contributed by atoms with van der Waals surface area (Å²) in [6.45, 7) is 0. The molecule has 0 spiro atoms. The predicted octanol–water partition coefficient (Wildman–Crippen LogP) is 15.8. The lowest BCUT2D eigenvalue weighted by Gasteiger charge is -2.17. The van der Waals surface area contributed by atoms with Crippen molar-refractivity contribution in [3.63, 3.8) is 0 Å². The Morgan fingerprint density at radius 3 is 1.37 bits per heavy atom. The minimum absolute atomic E-state index is 0.0135. The number of nitrogens with one attached hydrogen (secondary N) is 1. The number of hydrogen-bond acceptors (Lipinski definition) is 7. The molecule has 0 fully saturated rings. The van der Waals surface area contributed by atoms with Crippen molar-refractivity contribution in [2.75, 3.05) is 33.5 Å². The maximum absolute atomic E-state index is 7.58. The molecule has 0 bridgehead atoms. The van der Waals surface area contributed by atoms with Crippen LogP contribution in [0.15, 0.2) is 154 Å². The van der Waals surface area contributed by atoms with E-state index in [1.807, 2.05) is 0 Å². The highest BCUT2D eigenvalue weighted by atomic mass is 31.1. The third-order valence-corrected chi connectivity index (χ3v) is 15.1. The Morgan fingerprint density at radius 2 is 0.846 bits per heavy atom. The number of methoxy groups -OCH3 is 4. The number of hydrogen-bond donors (Lipinski definition) is 1. The second kappa shape index (κ2) is 14.5. The first-order valence-corrected chi connectivity index (χ1v) is 23.1. The van der Waals surface area contributed by atoms with E-state index < -0.39 is 8.16 Å². The van der Waals surface area contributed by atoms with Crippen molar-refractivity contribution in [3.8, 4) is 23.0 Å². The van der Waals surface area contributed by atoms with Crippen LogP contribution >= 0.6 is 8.16 Å². The molecular weight excluding hydrogens is 826 g/mol. The minimum atomic E-state index is -1.86. The SMILES string of the molecule is COc1cc2c3cc(OC)c4cc(OC)c5ccc6ccc7ccccc7c6c5c4c3op(N[C@H]3CCc4ccccc43)oc2c2c1cc(OC)c1ccc3ccc4ccccc4c3c12. The molecule has 11 aromatic carbocycles. The summed E-state index contributed by atoms with van der Waals surface area (Å²) in [4.78, 5) is 0. The topological polar surface area (TPSA) is 75.2 Å². The van der Waals surface area contributed by atoms with E-state index in [2.05, 4.69) is 151 Å². The Kier molecular flexibility index (Phi) is 8.52. The van der Waals surface area contributed by atoms with Crippen LogP contribution in [0.3, 0.4) is 0 Å². The molecule has 7 nitrogen and oxygen atoms in total. The minimum Gasteiger partial charge on any atom is -0.496 e. The number of aryl methyl sites for hydroxylation is 1. The third-order valence-electron chi connectivity index (χ3n) is 13.9. The second-order valence-electron chi connectivity index (χ2n) is 17.0. The van der Waals surface area contributed by atoms with Gasteiger partial charge in [-0.15, -0.1) is 0 Å². The molecule has 0 saturated heterocycles. The molecule has 0 aliphatic heterocycles. The van der Waals surface area contributed by atoms with Gasteiger partial charge in [0.05, 0.1) is 28.4 Å². The van der Waals surface area contributed by atoms with Crippen LogP contribution in [0.4, 0.5) is 0 Å². The number of ether oxygens (including phenoxy) is 4. The smallest absolute Gasteiger partial charge is 0.307 e. The number of benzene rings is 11. The lowest BCUT2D eigenvalue weighted by atomic mass is 9.90. The summed E-state index contributed by atoms with van der Waals surface area (Å²) >= 11 is 0. The van der Waals surface area contributed by atoms with Gasteiger partial charge in [0.2, 0.25) is 0 Å². The van der Waals surface area contributed by atoms with Gasteiger partial charge in [0, 0.05) is 59.9 Å². The van der Waals surface area contributed by atoms with E-state index in [0.29, 0.717) is 22.7 Å². The predicted molar refractivity (Wildman–Crippen MR) is 269 cm³/mol. The molecule has 0 unspecified atom stereocenters. The maximum Gasteiger partial charge on any atom is 0.307 e. The van der Waals surface area contributed by atoms with Crippen LogP contribution < -0.4 is 24.0 Å². The van der Waals surface area contributed by atoms with Gasteiger partial charge in [0.1, 0.15) is 23.0 Å². The summed E-state index contributed by atoms with van der Waals surface area (Å²) < 4.78 is 40.4. The van der Waals surface area contributed by atoms with E-state index in [0.717, 1.165) is 121 Å². The van der Waals surface area contributed by atoms with Crippen molar-refractivity contribution in [2.45, 2.75) is 18.9 Å². The monoisotopic (exact) mass is 867 g/mol. The fourth-order valence-electron chi connectivity index (χ4n) is 11.0. The number of fused-ring (bicyclic) bond motifs is 20. The van der Waals surface area contributed by atoms with E-state index in [1.165, 1.54) is 11.1 Å². The van der Waals surface area contributed by atoms with Crippen LogP contribution in [0.25, 0.3) is 108 Å². The third kappa shape index (κ3) is 5.53. The van der Waals surface area contributed by atoms with Gasteiger partial charge in [-0.3, -0.25) is 0 Å². The lowest BCUT2D eigenvalue weighted by Crippen LogP contribution is -2.03. The van der Waals surface area contributed by atoms with Gasteiger partial charge in [0.25, 0.3) is 0 Å². The van der Waals surface area contributed by atoms with Crippen molar-refractivity contribution < 1.29 is 27.3 Å². The van der Waals surface area contributed by atoms with Crippen LogP contribution in [0.5, 0.6) is 23.0 Å². The molecule has 0 saturated carbocycles. The molecule has 316 valence electrons. The van der Waals surface area contributed by atoms with Crippen molar-refractivity contribution in [3.05, 3.63) is 157 Å². The first-order valence-electron chi connectivity index (χ1n) is 22.0. The molecule has 12 aromatic rings. The zero-order valence-corrected chi connectivity index (χ0v) is 37.1. The van der Waals surface area contributed by atoms with Gasteiger partial charge in [0.15, 0.2) is 11.2 Å². The van der Waals surface area contributed by atoms with Gasteiger partial charge in [-0.25, -0.2) is 5.09 Å². The Bertz CT molecular complexity index is 3830. The summed E-state index contributed by atoms with van der Waals surface area (Å²) in [7, 11) is 5.06. The van der Waals surface area contributed by atoms with Gasteiger partial charge < -0.3 is 27.3 Å². The average molecular weight is 868 g/mol. The van der Waals surface area contributed by atoms with E-state index >= 15 is 0 Å². The molecule has 1 aliphatic carbocycles. The van der Waals surface area contributed by atoms with Crippen LogP contribution in [0, 0.1) is 0 Å². The fraction of sp³-hybridized carbons (Fsp3) is 0.123. The Labute approximate surface area is 374 Å². The van der Waals surface area contributed by atoms with Gasteiger partial charge >= 0.3 is 8.16 Å². The molecule has 1 heterocycles. The van der Waals surface area contributed by atoms with Crippen molar-refractivity contribution in [2.24, 2.45) is 0 Å². The zero-order chi connectivity index (χ0) is 43.5. The van der Waals surface area contributed by atoms with Gasteiger partial charge in [-0.05, 0) is 103 Å². The molecule has 8 heteroatoms. The molecular formula is C57H42NO6P. The van der Waals surface area contributed by atoms with Crippen LogP contribution in [-0.4, -0.2) is 28.4 Å². The summed E-state index contributed by atoms with van der Waals surface area (Å²) in [6.07, 6.45) is 1.89. The normalized spacial score (nSPS) is 13.9. The summed E-state index contributed by atoms with van der Waals surface area (Å²) in [6, 6.07) is 51.7. The van der Waals surface area contributed by atoms with Gasteiger partial charge in [-0.2, -0.15) is 0 Å². The maximum atomic E-state index is 7.58. The standard InChI is InChI=1S/C57H42NO6P/c1-59-46-29-43-48(61-3)27-41-42-28-49(62-4)44-30-47(60-2)40-25-22-35-20-18-33-13-7-10-16-38(33)51(35)53(40)55(44)57(42)64-65(58-45-26-23-31-11-5-8-14-36(31)45)63-56(41)54(43)52-39(46)24-21-34-19-17-32-12-6-9-15-37(32)50(34)52/h5-22,24-25,27-30,45,58H,23,26H2,1-4H3/t45-/m0/s1. The number of rotatable bonds is 6. The second-order valence-corrected chi connectivity index (χ2v) is 18.2. The summed E-state index contributed by atoms with van der Waals surface area (Å²) in [5.41, 5.74) is 4.01. The molecule has 1 N–H and O–H groups in total. The van der Waals surface area contributed by atoms with E-state index in [-0.39, 0.29) is 6.04 Å². The molecule has 0 radical (unpaired) electrons. The molecule has 65 heavy (non-hydrogen) atoms. The first-order chi connectivity index (χ1) is 32.0. The van der Waals surface area contributed by atoms with Gasteiger partial charge in [-0.1, -0.05) is 109 Å². The highest BCUT2D eigenvalue weighted by Crippen LogP contribution is 2.53. The molecule has 1 aliphatic rings. The largest absolute Gasteiger partial charge is 0.496 e. The highest BCUT2D eigenvalue weighted by Gasteiger charge is 2.27. The fourth-order valence-corrected chi connectivity index (χ4v) is 12.3. The highest BCUT2D eigenvalue weighted by molar-refractivity contribution is 7.38. The Morgan fingerprint density at radius 1 is 0.415 bits per heavy atom. The molecule has 1 aromatic heterocycles. The van der Waals surface area contributed by atoms with Crippen molar-refractivity contribution >= 4 is 116 Å². The van der Waals surface area contributed by atoms with Crippen LogP contribution in [0.2, 0.25) is 0 Å².